The van der Waals surface area contributed by atoms with Crippen LogP contribution in [-0.4, -0.2) is 5.67 Å². The Morgan fingerprint density at radius 1 is 1.13 bits per heavy atom. The highest BCUT2D eigenvalue weighted by Crippen LogP contribution is 2.38. The molecule has 23 heavy (non-hydrogen) atoms. The van der Waals surface area contributed by atoms with Gasteiger partial charge in [0.1, 0.15) is 5.67 Å². The molecule has 1 heteroatoms. The zero-order chi connectivity index (χ0) is 16.6. The lowest BCUT2D eigenvalue weighted by Crippen LogP contribution is -2.14. The lowest BCUT2D eigenvalue weighted by Gasteiger charge is -2.20. The molecular formula is C22H27F. The summed E-state index contributed by atoms with van der Waals surface area (Å²) < 4.78 is 14.1. The number of alkyl halides is 1. The van der Waals surface area contributed by atoms with Gasteiger partial charge in [0.25, 0.3) is 0 Å². The molecule has 0 amide bonds. The van der Waals surface area contributed by atoms with E-state index >= 15 is 0 Å². The predicted molar refractivity (Wildman–Crippen MR) is 98.0 cm³/mol. The van der Waals surface area contributed by atoms with E-state index in [0.29, 0.717) is 0 Å². The van der Waals surface area contributed by atoms with Crippen LogP contribution < -0.4 is 0 Å². The van der Waals surface area contributed by atoms with Crippen LogP contribution in [0.3, 0.4) is 0 Å². The van der Waals surface area contributed by atoms with Gasteiger partial charge in [-0.25, -0.2) is 4.39 Å². The first-order valence-corrected chi connectivity index (χ1v) is 8.74. The highest BCUT2D eigenvalue weighted by molar-refractivity contribution is 5.77. The second-order valence-electron chi connectivity index (χ2n) is 7.67. The maximum Gasteiger partial charge on any atom is 0.127 e. The Kier molecular flexibility index (Phi) is 4.31. The number of halogens is 1. The van der Waals surface area contributed by atoms with Gasteiger partial charge in [0.05, 0.1) is 0 Å². The molecule has 2 aliphatic carbocycles. The van der Waals surface area contributed by atoms with E-state index in [1.54, 1.807) is 13.8 Å². The largest absolute Gasteiger partial charge is 0.240 e. The summed E-state index contributed by atoms with van der Waals surface area (Å²) in [7, 11) is 0. The van der Waals surface area contributed by atoms with Gasteiger partial charge in [0.15, 0.2) is 0 Å². The summed E-state index contributed by atoms with van der Waals surface area (Å²) >= 11 is 0. The first kappa shape index (κ1) is 16.2. The number of hydrogen-bond donors (Lipinski definition) is 0. The lowest BCUT2D eigenvalue weighted by molar-refractivity contribution is 0.266. The van der Waals surface area contributed by atoms with E-state index in [1.807, 2.05) is 6.08 Å². The third-order valence-electron chi connectivity index (χ3n) is 5.25. The summed E-state index contributed by atoms with van der Waals surface area (Å²) in [6.07, 6.45) is 10.8. The molecule has 122 valence electrons. The summed E-state index contributed by atoms with van der Waals surface area (Å²) in [4.78, 5) is 0. The fraction of sp³-hybridized carbons (Fsp3) is 0.455. The fourth-order valence-electron chi connectivity index (χ4n) is 3.57. The van der Waals surface area contributed by atoms with Crippen molar-refractivity contribution in [3.8, 4) is 0 Å². The van der Waals surface area contributed by atoms with Crippen molar-refractivity contribution in [1.82, 2.24) is 0 Å². The Labute approximate surface area is 139 Å². The molecule has 0 spiro atoms. The van der Waals surface area contributed by atoms with Crippen LogP contribution in [0.15, 0.2) is 42.0 Å². The molecule has 3 rings (SSSR count). The average molecular weight is 310 g/mol. The van der Waals surface area contributed by atoms with Crippen molar-refractivity contribution in [3.05, 3.63) is 58.7 Å². The van der Waals surface area contributed by atoms with Gasteiger partial charge in [-0.15, -0.1) is 0 Å². The maximum atomic E-state index is 14.1. The Balaban J connectivity index is 1.79. The molecule has 1 aromatic rings. The Bertz CT molecular complexity index is 695. The summed E-state index contributed by atoms with van der Waals surface area (Å²) in [5.74, 6) is 0.816. The molecular weight excluding hydrogens is 283 g/mol. The molecule has 1 unspecified atom stereocenters. The molecule has 0 nitrogen and oxygen atoms in total. The summed E-state index contributed by atoms with van der Waals surface area (Å²) in [5.41, 5.74) is 6.28. The van der Waals surface area contributed by atoms with Crippen molar-refractivity contribution in [2.75, 3.05) is 0 Å². The second-order valence-corrected chi connectivity index (χ2v) is 7.67. The zero-order valence-electron chi connectivity index (χ0n) is 14.7. The predicted octanol–water partition coefficient (Wildman–Crippen LogP) is 6.66. The van der Waals surface area contributed by atoms with Crippen LogP contribution >= 0.6 is 0 Å². The number of hydrogen-bond acceptors (Lipinski definition) is 0. The first-order chi connectivity index (χ1) is 10.8. The monoisotopic (exact) mass is 310 g/mol. The Morgan fingerprint density at radius 2 is 1.91 bits per heavy atom. The van der Waals surface area contributed by atoms with Gasteiger partial charge >= 0.3 is 0 Å². The topological polar surface area (TPSA) is 0 Å². The number of benzene rings is 1. The van der Waals surface area contributed by atoms with Gasteiger partial charge in [-0.1, -0.05) is 43.4 Å². The van der Waals surface area contributed by atoms with E-state index in [1.165, 1.54) is 47.1 Å². The van der Waals surface area contributed by atoms with Crippen molar-refractivity contribution < 1.29 is 4.39 Å². The highest BCUT2D eigenvalue weighted by Gasteiger charge is 2.25. The Morgan fingerprint density at radius 3 is 2.48 bits per heavy atom. The third kappa shape index (κ3) is 3.49. The minimum absolute atomic E-state index is 0.726. The van der Waals surface area contributed by atoms with Crippen LogP contribution in [0.1, 0.15) is 63.1 Å². The van der Waals surface area contributed by atoms with E-state index < -0.39 is 5.67 Å². The zero-order valence-corrected chi connectivity index (χ0v) is 14.7. The molecule has 0 aliphatic heterocycles. The molecule has 0 saturated carbocycles. The first-order valence-electron chi connectivity index (χ1n) is 8.74. The smallest absolute Gasteiger partial charge is 0.127 e. The van der Waals surface area contributed by atoms with Gasteiger partial charge in [0.2, 0.25) is 0 Å². The van der Waals surface area contributed by atoms with E-state index in [2.05, 4.69) is 44.2 Å². The van der Waals surface area contributed by atoms with E-state index in [-0.39, 0.29) is 0 Å². The molecule has 0 aromatic heterocycles. The third-order valence-corrected chi connectivity index (χ3v) is 5.25. The molecule has 0 heterocycles. The molecule has 0 N–H and O–H groups in total. The standard InChI is InChI=1S/C22H27F/c1-15-5-7-17(8-6-15)18-10-12-21(16(2)13-18)19-9-11-20(14-19)22(3,4)23/h7,9-13,15H,5-6,8,14H2,1-4H3. The second kappa shape index (κ2) is 6.11. The van der Waals surface area contributed by atoms with Gasteiger partial charge in [-0.05, 0) is 85.8 Å². The summed E-state index contributed by atoms with van der Waals surface area (Å²) in [5, 5.41) is 0. The normalized spacial score (nSPS) is 21.8. The van der Waals surface area contributed by atoms with Gasteiger partial charge in [-0.3, -0.25) is 0 Å². The van der Waals surface area contributed by atoms with Crippen LogP contribution in [-0.2, 0) is 0 Å². The van der Waals surface area contributed by atoms with E-state index in [4.69, 9.17) is 0 Å². The summed E-state index contributed by atoms with van der Waals surface area (Å²) in [6, 6.07) is 6.76. The van der Waals surface area contributed by atoms with Gasteiger partial charge < -0.3 is 0 Å². The molecule has 1 aromatic carbocycles. The molecule has 0 fully saturated rings. The van der Waals surface area contributed by atoms with E-state index in [0.717, 1.165) is 17.9 Å². The quantitative estimate of drug-likeness (QED) is 0.585. The van der Waals surface area contributed by atoms with Crippen molar-refractivity contribution in [2.45, 2.75) is 59.0 Å². The van der Waals surface area contributed by atoms with Crippen molar-refractivity contribution >= 4 is 11.1 Å². The van der Waals surface area contributed by atoms with Crippen molar-refractivity contribution in [2.24, 2.45) is 5.92 Å². The lowest BCUT2D eigenvalue weighted by atomic mass is 9.86. The van der Waals surface area contributed by atoms with Crippen LogP contribution in [0.25, 0.3) is 11.1 Å². The average Bonchev–Trinajstić information content (AvgIpc) is 2.97. The molecule has 1 atom stereocenters. The van der Waals surface area contributed by atoms with Crippen molar-refractivity contribution in [1.29, 1.82) is 0 Å². The Hall–Kier alpha value is -1.63. The number of aryl methyl sites for hydroxylation is 1. The number of rotatable bonds is 3. The minimum atomic E-state index is -1.23. The van der Waals surface area contributed by atoms with Gasteiger partial charge in [-0.2, -0.15) is 0 Å². The minimum Gasteiger partial charge on any atom is -0.240 e. The summed E-state index contributed by atoms with van der Waals surface area (Å²) in [6.45, 7) is 7.78. The fourth-order valence-corrected chi connectivity index (χ4v) is 3.57. The van der Waals surface area contributed by atoms with Crippen LogP contribution in [0, 0.1) is 12.8 Å². The molecule has 0 bridgehead atoms. The van der Waals surface area contributed by atoms with Crippen LogP contribution in [0.5, 0.6) is 0 Å². The van der Waals surface area contributed by atoms with Crippen LogP contribution in [0.2, 0.25) is 0 Å². The van der Waals surface area contributed by atoms with Crippen LogP contribution in [0.4, 0.5) is 4.39 Å². The molecule has 0 radical (unpaired) electrons. The number of allylic oxidation sites excluding steroid dienone is 6. The van der Waals surface area contributed by atoms with Crippen molar-refractivity contribution in [3.63, 3.8) is 0 Å². The maximum absolute atomic E-state index is 14.1. The SMILES string of the molecule is Cc1cc(C2=CCC(C)CC2)ccc1C1=CC=C(C(C)(C)F)C1. The molecule has 2 aliphatic rings. The van der Waals surface area contributed by atoms with E-state index in [9.17, 15) is 4.39 Å². The highest BCUT2D eigenvalue weighted by atomic mass is 19.1. The van der Waals surface area contributed by atoms with Gasteiger partial charge in [0, 0.05) is 0 Å². The molecule has 0 saturated heterocycles.